The minimum Gasteiger partial charge on any atom is -0.373 e. The first-order valence-electron chi connectivity index (χ1n) is 5.68. The van der Waals surface area contributed by atoms with E-state index in [-0.39, 0.29) is 24.1 Å². The number of hydrogen-bond acceptors (Lipinski definition) is 6. The summed E-state index contributed by atoms with van der Waals surface area (Å²) in [5.74, 6) is 0.909. The Bertz CT molecular complexity index is 596. The Morgan fingerprint density at radius 3 is 2.45 bits per heavy atom. The van der Waals surface area contributed by atoms with E-state index < -0.39 is 11.7 Å². The van der Waals surface area contributed by atoms with Crippen molar-refractivity contribution >= 4 is 11.6 Å². The maximum Gasteiger partial charge on any atom is 0.416 e. The highest BCUT2D eigenvalue weighted by atomic mass is 19.4. The predicted molar refractivity (Wildman–Crippen MR) is 65.1 cm³/mol. The number of alkyl halides is 3. The summed E-state index contributed by atoms with van der Waals surface area (Å²) < 4.78 is 43.0. The van der Waals surface area contributed by atoms with Crippen LogP contribution < -0.4 is 10.6 Å². The van der Waals surface area contributed by atoms with E-state index >= 15 is 0 Å². The molecule has 0 saturated heterocycles. The van der Waals surface area contributed by atoms with E-state index in [2.05, 4.69) is 25.8 Å². The molecule has 0 fully saturated rings. The second-order valence-electron chi connectivity index (χ2n) is 3.96. The van der Waals surface area contributed by atoms with Gasteiger partial charge in [0.1, 0.15) is 11.6 Å². The lowest BCUT2D eigenvalue weighted by molar-refractivity contribution is -0.137. The molecule has 9 heteroatoms. The molecule has 0 radical (unpaired) electrons. The average Bonchev–Trinajstić information content (AvgIpc) is 2.81. The Morgan fingerprint density at radius 1 is 1.20 bits per heavy atom. The van der Waals surface area contributed by atoms with Gasteiger partial charge in [-0.3, -0.25) is 0 Å². The van der Waals surface area contributed by atoms with Crippen molar-refractivity contribution in [2.45, 2.75) is 19.6 Å². The Balaban J connectivity index is 2.18. The van der Waals surface area contributed by atoms with Crippen molar-refractivity contribution in [2.24, 2.45) is 0 Å². The van der Waals surface area contributed by atoms with Crippen LogP contribution in [-0.4, -0.2) is 22.2 Å². The summed E-state index contributed by atoms with van der Waals surface area (Å²) in [4.78, 5) is 7.91. The minimum absolute atomic E-state index is 0.0695. The van der Waals surface area contributed by atoms with Crippen molar-refractivity contribution in [3.63, 3.8) is 0 Å². The first-order chi connectivity index (χ1) is 9.38. The van der Waals surface area contributed by atoms with Crippen LogP contribution in [0.25, 0.3) is 0 Å². The standard InChI is InChI=1S/C11H12F3N5O/c1-6-17-10(20-19-6)5-16-9-4-7(11(12,13)14)3-8(15-2)18-9/h3-4H,5H2,1-2H3,(H2,15,16,18). The van der Waals surface area contributed by atoms with Crippen molar-refractivity contribution in [1.29, 1.82) is 0 Å². The molecule has 0 bridgehead atoms. The summed E-state index contributed by atoms with van der Waals surface area (Å²) in [6, 6.07) is 1.85. The number of nitrogens with zero attached hydrogens (tertiary/aromatic N) is 3. The monoisotopic (exact) mass is 287 g/mol. The van der Waals surface area contributed by atoms with Crippen molar-refractivity contribution in [2.75, 3.05) is 17.7 Å². The largest absolute Gasteiger partial charge is 0.416 e. The number of anilines is 2. The molecule has 0 unspecified atom stereocenters. The normalized spacial score (nSPS) is 11.4. The Hall–Kier alpha value is -2.32. The van der Waals surface area contributed by atoms with Crippen molar-refractivity contribution in [3.05, 3.63) is 29.4 Å². The van der Waals surface area contributed by atoms with Crippen LogP contribution in [0.5, 0.6) is 0 Å². The third-order valence-electron chi connectivity index (χ3n) is 2.40. The molecule has 0 atom stereocenters. The fourth-order valence-electron chi connectivity index (χ4n) is 1.49. The number of nitrogens with one attached hydrogen (secondary N) is 2. The van der Waals surface area contributed by atoms with Crippen LogP contribution in [0, 0.1) is 6.92 Å². The van der Waals surface area contributed by atoms with Gasteiger partial charge in [-0.2, -0.15) is 18.2 Å². The van der Waals surface area contributed by atoms with Gasteiger partial charge in [0.2, 0.25) is 5.89 Å². The van der Waals surface area contributed by atoms with Crippen LogP contribution in [0.2, 0.25) is 0 Å². The number of rotatable bonds is 4. The van der Waals surface area contributed by atoms with Gasteiger partial charge in [-0.25, -0.2) is 4.98 Å². The molecule has 0 aromatic carbocycles. The second-order valence-corrected chi connectivity index (χ2v) is 3.96. The summed E-state index contributed by atoms with van der Waals surface area (Å²) in [6.45, 7) is 1.74. The topological polar surface area (TPSA) is 75.9 Å². The summed E-state index contributed by atoms with van der Waals surface area (Å²) in [5.41, 5.74) is -0.791. The van der Waals surface area contributed by atoms with Gasteiger partial charge in [0.05, 0.1) is 12.1 Å². The van der Waals surface area contributed by atoms with E-state index in [4.69, 9.17) is 4.52 Å². The fourth-order valence-corrected chi connectivity index (χ4v) is 1.49. The van der Waals surface area contributed by atoms with Gasteiger partial charge >= 0.3 is 6.18 Å². The zero-order valence-corrected chi connectivity index (χ0v) is 10.7. The van der Waals surface area contributed by atoms with Crippen LogP contribution in [0.15, 0.2) is 16.7 Å². The summed E-state index contributed by atoms with van der Waals surface area (Å²) in [5, 5.41) is 8.87. The van der Waals surface area contributed by atoms with Crippen molar-refractivity contribution in [3.8, 4) is 0 Å². The zero-order chi connectivity index (χ0) is 14.8. The van der Waals surface area contributed by atoms with Gasteiger partial charge in [-0.05, 0) is 19.1 Å². The van der Waals surface area contributed by atoms with Gasteiger partial charge < -0.3 is 15.2 Å². The van der Waals surface area contributed by atoms with Gasteiger partial charge in [-0.1, -0.05) is 5.16 Å². The molecule has 0 aliphatic heterocycles. The van der Waals surface area contributed by atoms with Gasteiger partial charge in [0.15, 0.2) is 5.82 Å². The third-order valence-corrected chi connectivity index (χ3v) is 2.40. The molecular formula is C11H12F3N5O. The lowest BCUT2D eigenvalue weighted by Crippen LogP contribution is -2.10. The zero-order valence-electron chi connectivity index (χ0n) is 10.7. The lowest BCUT2D eigenvalue weighted by atomic mass is 10.2. The van der Waals surface area contributed by atoms with Crippen LogP contribution in [0.1, 0.15) is 17.3 Å². The first-order valence-corrected chi connectivity index (χ1v) is 5.68. The van der Waals surface area contributed by atoms with Crippen molar-refractivity contribution < 1.29 is 17.7 Å². The van der Waals surface area contributed by atoms with Gasteiger partial charge in [0.25, 0.3) is 0 Å². The fraction of sp³-hybridized carbons (Fsp3) is 0.364. The van der Waals surface area contributed by atoms with E-state index in [0.29, 0.717) is 5.82 Å². The van der Waals surface area contributed by atoms with E-state index in [1.54, 1.807) is 6.92 Å². The number of aromatic nitrogens is 3. The van der Waals surface area contributed by atoms with E-state index in [1.807, 2.05) is 0 Å². The van der Waals surface area contributed by atoms with Crippen LogP contribution in [-0.2, 0) is 12.7 Å². The lowest BCUT2D eigenvalue weighted by Gasteiger charge is -2.11. The smallest absolute Gasteiger partial charge is 0.373 e. The van der Waals surface area contributed by atoms with Crippen LogP contribution in [0.3, 0.4) is 0 Å². The SMILES string of the molecule is CNc1cc(C(F)(F)F)cc(NCc2nc(C)no2)n1. The van der Waals surface area contributed by atoms with Gasteiger partial charge in [-0.15, -0.1) is 0 Å². The minimum atomic E-state index is -4.44. The number of pyridine rings is 1. The van der Waals surface area contributed by atoms with Crippen LogP contribution >= 0.6 is 0 Å². The highest BCUT2D eigenvalue weighted by Gasteiger charge is 2.31. The number of aryl methyl sites for hydroxylation is 1. The highest BCUT2D eigenvalue weighted by molar-refractivity contribution is 5.49. The molecule has 0 saturated carbocycles. The number of halogens is 3. The maximum absolute atomic E-state index is 12.7. The highest BCUT2D eigenvalue weighted by Crippen LogP contribution is 2.32. The maximum atomic E-state index is 12.7. The molecule has 2 heterocycles. The molecule has 2 rings (SSSR count). The quantitative estimate of drug-likeness (QED) is 0.899. The molecule has 0 aliphatic rings. The van der Waals surface area contributed by atoms with E-state index in [1.165, 1.54) is 7.05 Å². The average molecular weight is 287 g/mol. The molecule has 0 spiro atoms. The molecule has 6 nitrogen and oxygen atoms in total. The summed E-state index contributed by atoms with van der Waals surface area (Å²) >= 11 is 0. The number of hydrogen-bond donors (Lipinski definition) is 2. The first kappa shape index (κ1) is 14.1. The van der Waals surface area contributed by atoms with Crippen molar-refractivity contribution in [1.82, 2.24) is 15.1 Å². The second kappa shape index (κ2) is 5.35. The molecule has 2 aromatic rings. The summed E-state index contributed by atoms with van der Waals surface area (Å²) in [7, 11) is 1.49. The molecule has 2 N–H and O–H groups in total. The predicted octanol–water partition coefficient (Wildman–Crippen LogP) is 2.45. The van der Waals surface area contributed by atoms with E-state index in [0.717, 1.165) is 12.1 Å². The molecule has 2 aromatic heterocycles. The van der Waals surface area contributed by atoms with E-state index in [9.17, 15) is 13.2 Å². The molecule has 0 amide bonds. The Kier molecular flexibility index (Phi) is 3.77. The molecule has 0 aliphatic carbocycles. The Morgan fingerprint density at radius 2 is 1.90 bits per heavy atom. The molecule has 108 valence electrons. The van der Waals surface area contributed by atoms with Gasteiger partial charge in [0, 0.05) is 7.05 Å². The Labute approximate surface area is 112 Å². The summed E-state index contributed by atoms with van der Waals surface area (Å²) in [6.07, 6.45) is -4.44. The molecule has 20 heavy (non-hydrogen) atoms. The third kappa shape index (κ3) is 3.37. The van der Waals surface area contributed by atoms with Crippen LogP contribution in [0.4, 0.5) is 24.8 Å². The molecular weight excluding hydrogens is 275 g/mol.